The summed E-state index contributed by atoms with van der Waals surface area (Å²) in [5.74, 6) is 1.09. The Labute approximate surface area is 271 Å². The molecule has 0 bridgehead atoms. The summed E-state index contributed by atoms with van der Waals surface area (Å²) in [4.78, 5) is 0. The standard InChI is InChI=1S/C37H43FN6O2/c1-3-5-7-9-11-27-46-35-23-18-32(19-24-35)41-43-33-20-25-37(36(38)28-33)44-42-30-14-12-29(13-15-30)39-40-31-16-21-34(22-17-31)45-26-10-8-6-4-2/h12-25,28H,3-11,26-27H2,1-2H3. The van der Waals surface area contributed by atoms with Crippen LogP contribution in [0, 0.1) is 5.82 Å². The van der Waals surface area contributed by atoms with E-state index in [-0.39, 0.29) is 5.69 Å². The minimum Gasteiger partial charge on any atom is -0.494 e. The first kappa shape index (κ1) is 34.1. The SMILES string of the molecule is CCCCCCCOc1ccc(N=Nc2ccc(N=Nc3ccc(N=Nc4ccc(OCCCCCC)cc4)cc3)c(F)c2)cc1. The lowest BCUT2D eigenvalue weighted by Crippen LogP contribution is -1.96. The second kappa shape index (κ2) is 19.6. The van der Waals surface area contributed by atoms with Crippen LogP contribution in [0.25, 0.3) is 0 Å². The van der Waals surface area contributed by atoms with E-state index in [1.54, 1.807) is 30.3 Å². The Bertz CT molecular complexity index is 1540. The monoisotopic (exact) mass is 622 g/mol. The molecule has 0 spiro atoms. The van der Waals surface area contributed by atoms with Crippen molar-refractivity contribution in [3.63, 3.8) is 0 Å². The largest absolute Gasteiger partial charge is 0.494 e. The van der Waals surface area contributed by atoms with E-state index in [0.29, 0.717) is 29.4 Å². The van der Waals surface area contributed by atoms with Gasteiger partial charge in [0.05, 0.1) is 41.7 Å². The number of azo groups is 3. The summed E-state index contributed by atoms with van der Waals surface area (Å²) in [6.07, 6.45) is 10.7. The van der Waals surface area contributed by atoms with Gasteiger partial charge in [0, 0.05) is 6.07 Å². The summed E-state index contributed by atoms with van der Waals surface area (Å²) in [7, 11) is 0. The van der Waals surface area contributed by atoms with Crippen molar-refractivity contribution in [2.24, 2.45) is 30.7 Å². The normalized spacial score (nSPS) is 11.6. The average Bonchev–Trinajstić information content (AvgIpc) is 3.09. The second-order valence-corrected chi connectivity index (χ2v) is 10.9. The Kier molecular flexibility index (Phi) is 14.5. The second-order valence-electron chi connectivity index (χ2n) is 10.9. The smallest absolute Gasteiger partial charge is 0.152 e. The molecule has 9 heteroatoms. The van der Waals surface area contributed by atoms with Crippen molar-refractivity contribution in [3.8, 4) is 11.5 Å². The van der Waals surface area contributed by atoms with Crippen LogP contribution in [0.15, 0.2) is 122 Å². The molecule has 46 heavy (non-hydrogen) atoms. The molecule has 0 atom stereocenters. The summed E-state index contributed by atoms with van der Waals surface area (Å²) in [6, 6.07) is 26.4. The molecular weight excluding hydrogens is 579 g/mol. The topological polar surface area (TPSA) is 92.6 Å². The van der Waals surface area contributed by atoms with Crippen molar-refractivity contribution in [3.05, 3.63) is 96.8 Å². The Hall–Kier alpha value is -4.79. The van der Waals surface area contributed by atoms with Crippen LogP contribution < -0.4 is 9.47 Å². The maximum atomic E-state index is 14.7. The van der Waals surface area contributed by atoms with Gasteiger partial charge in [0.1, 0.15) is 17.2 Å². The molecule has 240 valence electrons. The molecule has 4 aromatic carbocycles. The number of unbranched alkanes of at least 4 members (excludes halogenated alkanes) is 7. The molecule has 0 radical (unpaired) electrons. The van der Waals surface area contributed by atoms with Crippen molar-refractivity contribution in [2.75, 3.05) is 13.2 Å². The Balaban J connectivity index is 1.23. The van der Waals surface area contributed by atoms with Crippen molar-refractivity contribution >= 4 is 34.1 Å². The van der Waals surface area contributed by atoms with E-state index in [2.05, 4.69) is 44.5 Å². The fourth-order valence-corrected chi connectivity index (χ4v) is 4.40. The molecule has 0 saturated heterocycles. The number of halogens is 1. The van der Waals surface area contributed by atoms with Gasteiger partial charge in [0.15, 0.2) is 5.82 Å². The summed E-state index contributed by atoms with van der Waals surface area (Å²) in [5.41, 5.74) is 3.09. The summed E-state index contributed by atoms with van der Waals surface area (Å²) < 4.78 is 26.3. The lowest BCUT2D eigenvalue weighted by molar-refractivity contribution is 0.304. The number of nitrogens with zero attached hydrogens (tertiary/aromatic N) is 6. The zero-order valence-electron chi connectivity index (χ0n) is 26.8. The lowest BCUT2D eigenvalue weighted by atomic mass is 10.2. The minimum absolute atomic E-state index is 0.104. The van der Waals surface area contributed by atoms with E-state index in [4.69, 9.17) is 9.47 Å². The van der Waals surface area contributed by atoms with Crippen molar-refractivity contribution in [1.82, 2.24) is 0 Å². The van der Waals surface area contributed by atoms with Crippen LogP contribution in [0.5, 0.6) is 11.5 Å². The number of ether oxygens (including phenoxy) is 2. The van der Waals surface area contributed by atoms with Gasteiger partial charge >= 0.3 is 0 Å². The molecule has 8 nitrogen and oxygen atoms in total. The van der Waals surface area contributed by atoms with Crippen LogP contribution in [-0.4, -0.2) is 13.2 Å². The van der Waals surface area contributed by atoms with Crippen LogP contribution >= 0.6 is 0 Å². The molecule has 0 fully saturated rings. The summed E-state index contributed by atoms with van der Waals surface area (Å²) >= 11 is 0. The highest BCUT2D eigenvalue weighted by Crippen LogP contribution is 2.28. The zero-order chi connectivity index (χ0) is 32.2. The van der Waals surface area contributed by atoms with Gasteiger partial charge in [-0.2, -0.15) is 25.6 Å². The molecular formula is C37H43FN6O2. The molecule has 0 amide bonds. The molecule has 0 aromatic heterocycles. The van der Waals surface area contributed by atoms with E-state index in [9.17, 15) is 4.39 Å². The fourth-order valence-electron chi connectivity index (χ4n) is 4.40. The van der Waals surface area contributed by atoms with Gasteiger partial charge in [0.25, 0.3) is 0 Å². The maximum Gasteiger partial charge on any atom is 0.152 e. The van der Waals surface area contributed by atoms with Gasteiger partial charge in [-0.25, -0.2) is 4.39 Å². The number of hydrogen-bond donors (Lipinski definition) is 0. The Morgan fingerprint density at radius 3 is 1.26 bits per heavy atom. The highest BCUT2D eigenvalue weighted by molar-refractivity contribution is 5.51. The van der Waals surface area contributed by atoms with Crippen molar-refractivity contribution in [2.45, 2.75) is 71.6 Å². The maximum absolute atomic E-state index is 14.7. The number of hydrogen-bond acceptors (Lipinski definition) is 8. The third-order valence-corrected chi connectivity index (χ3v) is 7.07. The first-order chi connectivity index (χ1) is 22.6. The molecule has 0 aliphatic rings. The van der Waals surface area contributed by atoms with E-state index in [1.807, 2.05) is 48.5 Å². The van der Waals surface area contributed by atoms with E-state index in [0.717, 1.165) is 36.6 Å². The first-order valence-electron chi connectivity index (χ1n) is 16.2. The highest BCUT2D eigenvalue weighted by Gasteiger charge is 2.04. The summed E-state index contributed by atoms with van der Waals surface area (Å²) in [5, 5.41) is 25.1. The molecule has 0 aliphatic carbocycles. The van der Waals surface area contributed by atoms with E-state index >= 15 is 0 Å². The molecule has 0 N–H and O–H groups in total. The van der Waals surface area contributed by atoms with Crippen LogP contribution in [0.2, 0.25) is 0 Å². The zero-order valence-corrected chi connectivity index (χ0v) is 26.8. The quantitative estimate of drug-likeness (QED) is 0.0768. The molecule has 0 heterocycles. The van der Waals surface area contributed by atoms with Crippen LogP contribution in [0.1, 0.15) is 71.6 Å². The van der Waals surface area contributed by atoms with Crippen LogP contribution in [0.4, 0.5) is 38.5 Å². The van der Waals surface area contributed by atoms with E-state index in [1.165, 1.54) is 57.1 Å². The number of benzene rings is 4. The van der Waals surface area contributed by atoms with Gasteiger partial charge in [-0.3, -0.25) is 0 Å². The fraction of sp³-hybridized carbons (Fsp3) is 0.351. The van der Waals surface area contributed by atoms with Crippen LogP contribution in [-0.2, 0) is 0 Å². The van der Waals surface area contributed by atoms with Crippen molar-refractivity contribution in [1.29, 1.82) is 0 Å². The van der Waals surface area contributed by atoms with Crippen molar-refractivity contribution < 1.29 is 13.9 Å². The minimum atomic E-state index is -0.541. The van der Waals surface area contributed by atoms with Gasteiger partial charge in [-0.15, -0.1) is 5.11 Å². The highest BCUT2D eigenvalue weighted by atomic mass is 19.1. The Morgan fingerprint density at radius 1 is 0.435 bits per heavy atom. The summed E-state index contributed by atoms with van der Waals surface area (Å²) in [6.45, 7) is 5.83. The lowest BCUT2D eigenvalue weighted by Gasteiger charge is -2.06. The molecule has 4 rings (SSSR count). The molecule has 0 aliphatic heterocycles. The number of rotatable bonds is 19. The van der Waals surface area contributed by atoms with E-state index < -0.39 is 5.82 Å². The first-order valence-corrected chi connectivity index (χ1v) is 16.2. The van der Waals surface area contributed by atoms with Gasteiger partial charge in [-0.05, 0) is 97.8 Å². The predicted octanol–water partition coefficient (Wildman–Crippen LogP) is 13.4. The molecule has 0 saturated carbocycles. The van der Waals surface area contributed by atoms with Gasteiger partial charge in [-0.1, -0.05) is 58.8 Å². The van der Waals surface area contributed by atoms with Gasteiger partial charge in [0.2, 0.25) is 0 Å². The third-order valence-electron chi connectivity index (χ3n) is 7.07. The average molecular weight is 623 g/mol. The third kappa shape index (κ3) is 12.3. The molecule has 0 unspecified atom stereocenters. The predicted molar refractivity (Wildman–Crippen MR) is 182 cm³/mol. The van der Waals surface area contributed by atoms with Gasteiger partial charge < -0.3 is 9.47 Å². The molecule has 4 aromatic rings. The van der Waals surface area contributed by atoms with Crippen LogP contribution in [0.3, 0.4) is 0 Å². The Morgan fingerprint density at radius 2 is 0.804 bits per heavy atom.